The molecule has 19 heavy (non-hydrogen) atoms. The number of aryl methyl sites for hydroxylation is 1. The molecule has 1 aromatic rings. The number of nitrogens with zero attached hydrogens (tertiary/aromatic N) is 2. The van der Waals surface area contributed by atoms with Gasteiger partial charge in [-0.3, -0.25) is 19.3 Å². The van der Waals surface area contributed by atoms with Crippen molar-refractivity contribution < 1.29 is 14.4 Å². The van der Waals surface area contributed by atoms with Gasteiger partial charge in [0.1, 0.15) is 0 Å². The summed E-state index contributed by atoms with van der Waals surface area (Å²) in [5, 5.41) is 0. The van der Waals surface area contributed by atoms with E-state index >= 15 is 0 Å². The number of rotatable bonds is 2. The monoisotopic (exact) mass is 282 g/mol. The lowest BCUT2D eigenvalue weighted by Gasteiger charge is -2.21. The van der Waals surface area contributed by atoms with Crippen molar-refractivity contribution in [3.63, 3.8) is 0 Å². The maximum atomic E-state index is 11.5. The Bertz CT molecular complexity index is 529. The van der Waals surface area contributed by atoms with Gasteiger partial charge in [-0.1, -0.05) is 0 Å². The highest BCUT2D eigenvalue weighted by Crippen LogP contribution is 2.27. The molecule has 0 fully saturated rings. The van der Waals surface area contributed by atoms with Gasteiger partial charge in [-0.15, -0.1) is 0 Å². The molecule has 1 rings (SSSR count). The zero-order valence-electron chi connectivity index (χ0n) is 11.2. The topological polar surface area (TPSA) is 57.7 Å². The van der Waals surface area contributed by atoms with Gasteiger partial charge in [-0.25, -0.2) is 4.42 Å². The number of imide groups is 1. The molecule has 0 saturated heterocycles. The highest BCUT2D eigenvalue weighted by atomic mass is 35.5. The lowest BCUT2D eigenvalue weighted by atomic mass is 10.1. The van der Waals surface area contributed by atoms with Gasteiger partial charge in [0.05, 0.1) is 11.4 Å². The summed E-state index contributed by atoms with van der Waals surface area (Å²) >= 11 is 5.81. The van der Waals surface area contributed by atoms with Crippen molar-refractivity contribution >= 4 is 40.9 Å². The van der Waals surface area contributed by atoms with E-state index in [0.717, 1.165) is 9.32 Å². The van der Waals surface area contributed by atoms with Crippen molar-refractivity contribution in [1.82, 2.24) is 0 Å². The summed E-state index contributed by atoms with van der Waals surface area (Å²) in [7, 11) is 0. The van der Waals surface area contributed by atoms with Crippen LogP contribution in [-0.4, -0.2) is 17.7 Å². The number of anilines is 2. The van der Waals surface area contributed by atoms with Gasteiger partial charge in [0, 0.05) is 32.5 Å². The highest BCUT2D eigenvalue weighted by molar-refractivity contribution is 6.36. The maximum Gasteiger partial charge on any atom is 0.238 e. The van der Waals surface area contributed by atoms with Crippen LogP contribution in [0.1, 0.15) is 26.3 Å². The molecule has 0 saturated carbocycles. The normalized spacial score (nSPS) is 9.95. The zero-order valence-corrected chi connectivity index (χ0v) is 12.0. The number of halogens is 1. The average Bonchev–Trinajstić information content (AvgIpc) is 2.29. The van der Waals surface area contributed by atoms with E-state index in [4.69, 9.17) is 11.8 Å². The van der Waals surface area contributed by atoms with Crippen LogP contribution in [0.4, 0.5) is 11.4 Å². The van der Waals surface area contributed by atoms with Crippen LogP contribution in [0.5, 0.6) is 0 Å². The number of carbonyl (C=O) groups is 3. The van der Waals surface area contributed by atoms with E-state index in [1.54, 1.807) is 25.1 Å². The average molecular weight is 283 g/mol. The predicted molar refractivity (Wildman–Crippen MR) is 74.0 cm³/mol. The van der Waals surface area contributed by atoms with Gasteiger partial charge in [0.25, 0.3) is 0 Å². The van der Waals surface area contributed by atoms with Crippen LogP contribution in [0.25, 0.3) is 0 Å². The molecule has 0 spiro atoms. The Labute approximate surface area is 116 Å². The molecular weight excluding hydrogens is 268 g/mol. The van der Waals surface area contributed by atoms with Crippen LogP contribution < -0.4 is 9.32 Å². The Hall–Kier alpha value is -1.88. The van der Waals surface area contributed by atoms with E-state index in [-0.39, 0.29) is 17.7 Å². The molecule has 0 bridgehead atoms. The van der Waals surface area contributed by atoms with Crippen molar-refractivity contribution in [2.24, 2.45) is 0 Å². The summed E-state index contributed by atoms with van der Waals surface area (Å²) in [5.74, 6) is -1.04. The number of carbonyl (C=O) groups excluding carboxylic acids is 3. The van der Waals surface area contributed by atoms with Gasteiger partial charge >= 0.3 is 0 Å². The molecule has 0 aliphatic rings. The predicted octanol–water partition coefficient (Wildman–Crippen LogP) is 2.40. The molecular formula is C13H15ClN2O3. The maximum absolute atomic E-state index is 11.5. The summed E-state index contributed by atoms with van der Waals surface area (Å²) in [6.07, 6.45) is 0. The number of hydrogen-bond acceptors (Lipinski definition) is 3. The molecule has 0 aliphatic carbocycles. The van der Waals surface area contributed by atoms with E-state index in [9.17, 15) is 14.4 Å². The van der Waals surface area contributed by atoms with E-state index in [1.807, 2.05) is 0 Å². The van der Waals surface area contributed by atoms with Crippen LogP contribution in [0.2, 0.25) is 0 Å². The minimum absolute atomic E-state index is 0.316. The van der Waals surface area contributed by atoms with Gasteiger partial charge in [-0.2, -0.15) is 0 Å². The summed E-state index contributed by atoms with van der Waals surface area (Å²) in [6, 6.07) is 4.81. The Balaban J connectivity index is 3.23. The lowest BCUT2D eigenvalue weighted by Crippen LogP contribution is -2.33. The van der Waals surface area contributed by atoms with Crippen molar-refractivity contribution in [2.45, 2.75) is 27.7 Å². The fourth-order valence-electron chi connectivity index (χ4n) is 1.76. The number of hydrogen-bond donors (Lipinski definition) is 0. The fourth-order valence-corrected chi connectivity index (χ4v) is 1.86. The summed E-state index contributed by atoms with van der Waals surface area (Å²) in [4.78, 5) is 35.2. The van der Waals surface area contributed by atoms with Gasteiger partial charge in [0.2, 0.25) is 17.7 Å². The molecule has 5 nitrogen and oxygen atoms in total. The molecule has 0 heterocycles. The first-order chi connectivity index (χ1) is 8.75. The smallest absolute Gasteiger partial charge is 0.238 e. The molecule has 0 atom stereocenters. The second-order valence-electron chi connectivity index (χ2n) is 4.14. The van der Waals surface area contributed by atoms with Crippen molar-refractivity contribution in [2.75, 3.05) is 9.32 Å². The minimum Gasteiger partial charge on any atom is -0.274 e. The third-order valence-corrected chi connectivity index (χ3v) is 2.99. The Morgan fingerprint density at radius 1 is 1.00 bits per heavy atom. The largest absolute Gasteiger partial charge is 0.274 e. The Kier molecular flexibility index (Phi) is 4.67. The molecule has 0 aliphatic heterocycles. The van der Waals surface area contributed by atoms with Crippen molar-refractivity contribution in [3.05, 3.63) is 23.8 Å². The summed E-state index contributed by atoms with van der Waals surface area (Å²) in [5.41, 5.74) is 1.65. The Morgan fingerprint density at radius 3 is 1.89 bits per heavy atom. The van der Waals surface area contributed by atoms with Crippen LogP contribution in [-0.2, 0) is 14.4 Å². The standard InChI is InChI=1S/C13H15ClN2O3/c1-8-7-12(16(14)11(4)19)5-6-13(8)15(9(2)17)10(3)18/h5-7H,1-4H3. The number of benzene rings is 1. The van der Waals surface area contributed by atoms with Crippen LogP contribution in [0, 0.1) is 6.92 Å². The van der Waals surface area contributed by atoms with Gasteiger partial charge < -0.3 is 0 Å². The molecule has 0 unspecified atom stereocenters. The lowest BCUT2D eigenvalue weighted by molar-refractivity contribution is -0.124. The third-order valence-electron chi connectivity index (χ3n) is 2.55. The molecule has 0 radical (unpaired) electrons. The first kappa shape index (κ1) is 15.2. The summed E-state index contributed by atoms with van der Waals surface area (Å²) in [6.45, 7) is 5.71. The Morgan fingerprint density at radius 2 is 1.53 bits per heavy atom. The number of amides is 3. The van der Waals surface area contributed by atoms with E-state index in [2.05, 4.69) is 0 Å². The SMILES string of the molecule is CC(=O)N(Cl)c1ccc(N(C(C)=O)C(C)=O)c(C)c1. The molecule has 0 N–H and O–H groups in total. The molecule has 3 amide bonds. The van der Waals surface area contributed by atoms with Gasteiger partial charge in [-0.05, 0) is 30.7 Å². The van der Waals surface area contributed by atoms with Crippen LogP contribution in [0.3, 0.4) is 0 Å². The van der Waals surface area contributed by atoms with E-state index < -0.39 is 0 Å². The fraction of sp³-hybridized carbons (Fsp3) is 0.308. The first-order valence-corrected chi connectivity index (χ1v) is 5.98. The summed E-state index contributed by atoms with van der Waals surface area (Å²) < 4.78 is 0.975. The van der Waals surface area contributed by atoms with Crippen LogP contribution >= 0.6 is 11.8 Å². The first-order valence-electron chi connectivity index (χ1n) is 5.64. The van der Waals surface area contributed by atoms with Crippen molar-refractivity contribution in [1.29, 1.82) is 0 Å². The minimum atomic E-state index is -0.363. The second kappa shape index (κ2) is 5.84. The van der Waals surface area contributed by atoms with Gasteiger partial charge in [0.15, 0.2) is 0 Å². The molecule has 6 heteroatoms. The second-order valence-corrected chi connectivity index (χ2v) is 4.48. The van der Waals surface area contributed by atoms with Crippen molar-refractivity contribution in [3.8, 4) is 0 Å². The highest BCUT2D eigenvalue weighted by Gasteiger charge is 2.19. The van der Waals surface area contributed by atoms with E-state index in [0.29, 0.717) is 16.9 Å². The molecule has 102 valence electrons. The molecule has 0 aromatic heterocycles. The van der Waals surface area contributed by atoms with Crippen LogP contribution in [0.15, 0.2) is 18.2 Å². The third kappa shape index (κ3) is 3.32. The quantitative estimate of drug-likeness (QED) is 0.783. The zero-order chi connectivity index (χ0) is 14.7. The molecule has 1 aromatic carbocycles. The van der Waals surface area contributed by atoms with E-state index in [1.165, 1.54) is 20.8 Å².